The van der Waals surface area contributed by atoms with Crippen molar-refractivity contribution in [3.8, 4) is 11.8 Å². The van der Waals surface area contributed by atoms with Gasteiger partial charge in [-0.2, -0.15) is 5.26 Å². The van der Waals surface area contributed by atoms with Crippen LogP contribution in [0.5, 0.6) is 5.75 Å². The Morgan fingerprint density at radius 3 is 2.41 bits per heavy atom. The summed E-state index contributed by atoms with van der Waals surface area (Å²) in [4.78, 5) is 23.2. The second kappa shape index (κ2) is 8.68. The lowest BCUT2D eigenvalue weighted by Crippen LogP contribution is -2.29. The van der Waals surface area contributed by atoms with Crippen molar-refractivity contribution in [2.45, 2.75) is 20.8 Å². The summed E-state index contributed by atoms with van der Waals surface area (Å²) in [6, 6.07) is 12.3. The van der Waals surface area contributed by atoms with Crippen LogP contribution in [-0.4, -0.2) is 18.5 Å². The first kappa shape index (κ1) is 19.7. The highest BCUT2D eigenvalue weighted by Crippen LogP contribution is 2.24. The summed E-state index contributed by atoms with van der Waals surface area (Å²) < 4.78 is 5.15. The van der Waals surface area contributed by atoms with E-state index >= 15 is 0 Å². The lowest BCUT2D eigenvalue weighted by atomic mass is 10.0. The maximum absolute atomic E-state index is 12.6. The van der Waals surface area contributed by atoms with Crippen LogP contribution in [0.2, 0.25) is 0 Å². The van der Waals surface area contributed by atoms with Gasteiger partial charge in [-0.3, -0.25) is 4.79 Å². The summed E-state index contributed by atoms with van der Waals surface area (Å²) in [5.41, 5.74) is 3.83. The lowest BCUT2D eigenvalue weighted by molar-refractivity contribution is -0.307. The molecule has 6 nitrogen and oxygen atoms in total. The van der Waals surface area contributed by atoms with Gasteiger partial charge in [0.25, 0.3) is 5.91 Å². The predicted octanol–water partition coefficient (Wildman–Crippen LogP) is 2.29. The molecular formula is C21H19N2O4-. The zero-order valence-electron chi connectivity index (χ0n) is 15.3. The van der Waals surface area contributed by atoms with E-state index in [2.05, 4.69) is 5.32 Å². The zero-order valence-corrected chi connectivity index (χ0v) is 15.3. The van der Waals surface area contributed by atoms with Gasteiger partial charge in [0.15, 0.2) is 0 Å². The number of hydrogen-bond donors (Lipinski definition) is 1. The zero-order chi connectivity index (χ0) is 20.0. The number of hydrogen-bond acceptors (Lipinski definition) is 5. The van der Waals surface area contributed by atoms with Crippen molar-refractivity contribution in [2.75, 3.05) is 11.9 Å². The highest BCUT2D eigenvalue weighted by molar-refractivity contribution is 6.10. The summed E-state index contributed by atoms with van der Waals surface area (Å²) in [6.07, 6.45) is 1.36. The number of aryl methyl sites for hydroxylation is 3. The van der Waals surface area contributed by atoms with Crippen molar-refractivity contribution in [1.29, 1.82) is 5.26 Å². The standard InChI is InChI=1S/C21H20N2O4/c1-13-8-14(2)20(15(3)9-13)23-21(26)17(11-22)10-16-6-4-5-7-18(16)27-12-19(24)25/h4-10H,12H2,1-3H3,(H,23,26)(H,24,25)/p-1/b17-10+. The predicted molar refractivity (Wildman–Crippen MR) is 99.8 cm³/mol. The Balaban J connectivity index is 2.31. The Labute approximate surface area is 157 Å². The van der Waals surface area contributed by atoms with Gasteiger partial charge in [-0.15, -0.1) is 0 Å². The molecule has 0 aliphatic heterocycles. The molecule has 0 saturated carbocycles. The molecule has 0 spiro atoms. The Kier molecular flexibility index (Phi) is 6.34. The third kappa shape index (κ3) is 5.19. The van der Waals surface area contributed by atoms with E-state index in [1.165, 1.54) is 6.08 Å². The molecule has 0 fully saturated rings. The number of nitriles is 1. The van der Waals surface area contributed by atoms with Crippen molar-refractivity contribution < 1.29 is 19.4 Å². The Morgan fingerprint density at radius 2 is 1.81 bits per heavy atom. The first-order chi connectivity index (χ1) is 12.8. The maximum Gasteiger partial charge on any atom is 0.266 e. The van der Waals surface area contributed by atoms with Crippen molar-refractivity contribution in [2.24, 2.45) is 0 Å². The Hall–Kier alpha value is -3.59. The number of rotatable bonds is 6. The first-order valence-electron chi connectivity index (χ1n) is 8.24. The summed E-state index contributed by atoms with van der Waals surface area (Å²) in [5, 5.41) is 22.8. The van der Waals surface area contributed by atoms with Crippen molar-refractivity contribution in [3.63, 3.8) is 0 Å². The number of carbonyl (C=O) groups is 2. The number of nitrogens with one attached hydrogen (secondary N) is 1. The molecule has 0 heterocycles. The number of carboxylic acid groups (broad SMARTS) is 1. The summed E-state index contributed by atoms with van der Waals surface area (Å²) in [7, 11) is 0. The van der Waals surface area contributed by atoms with E-state index in [1.807, 2.05) is 39.0 Å². The summed E-state index contributed by atoms with van der Waals surface area (Å²) in [6.45, 7) is 5.11. The first-order valence-corrected chi connectivity index (χ1v) is 8.24. The maximum atomic E-state index is 12.6. The molecular weight excluding hydrogens is 344 g/mol. The SMILES string of the molecule is Cc1cc(C)c(NC(=O)/C(C#N)=C/c2ccccc2OCC(=O)[O-])c(C)c1. The van der Waals surface area contributed by atoms with Gasteiger partial charge in [-0.25, -0.2) is 0 Å². The van der Waals surface area contributed by atoms with Gasteiger partial charge in [-0.1, -0.05) is 35.9 Å². The third-order valence-electron chi connectivity index (χ3n) is 3.85. The number of amides is 1. The Morgan fingerprint density at radius 1 is 1.19 bits per heavy atom. The minimum Gasteiger partial charge on any atom is -0.546 e. The van der Waals surface area contributed by atoms with Crippen LogP contribution in [0.3, 0.4) is 0 Å². The number of nitrogens with zero attached hydrogens (tertiary/aromatic N) is 1. The van der Waals surface area contributed by atoms with Gasteiger partial charge in [-0.05, 0) is 44.0 Å². The van der Waals surface area contributed by atoms with E-state index in [9.17, 15) is 20.0 Å². The van der Waals surface area contributed by atoms with Crippen LogP contribution >= 0.6 is 0 Å². The van der Waals surface area contributed by atoms with Gasteiger partial charge in [0.1, 0.15) is 24.0 Å². The molecule has 6 heteroatoms. The molecule has 2 aromatic carbocycles. The summed E-state index contributed by atoms with van der Waals surface area (Å²) >= 11 is 0. The van der Waals surface area contributed by atoms with Gasteiger partial charge in [0.05, 0.1) is 5.97 Å². The molecule has 0 aliphatic carbocycles. The largest absolute Gasteiger partial charge is 0.546 e. The molecule has 2 aromatic rings. The normalized spacial score (nSPS) is 10.8. The van der Waals surface area contributed by atoms with Crippen LogP contribution in [0.4, 0.5) is 5.69 Å². The number of aliphatic carboxylic acids is 1. The highest BCUT2D eigenvalue weighted by atomic mass is 16.5. The molecule has 2 rings (SSSR count). The fourth-order valence-electron chi connectivity index (χ4n) is 2.73. The number of ether oxygens (including phenoxy) is 1. The lowest BCUT2D eigenvalue weighted by Gasteiger charge is -2.13. The van der Waals surface area contributed by atoms with Crippen LogP contribution in [0, 0.1) is 32.1 Å². The van der Waals surface area contributed by atoms with Crippen molar-refractivity contribution >= 4 is 23.6 Å². The minimum atomic E-state index is -1.36. The molecule has 1 amide bonds. The van der Waals surface area contributed by atoms with Gasteiger partial charge >= 0.3 is 0 Å². The molecule has 1 N–H and O–H groups in total. The molecule has 0 saturated heterocycles. The molecule has 0 radical (unpaired) electrons. The van der Waals surface area contributed by atoms with Crippen LogP contribution in [0.25, 0.3) is 6.08 Å². The van der Waals surface area contributed by atoms with E-state index in [0.717, 1.165) is 16.7 Å². The number of anilines is 1. The molecule has 0 atom stereocenters. The van der Waals surface area contributed by atoms with Gasteiger partial charge in [0.2, 0.25) is 0 Å². The van der Waals surface area contributed by atoms with E-state index in [0.29, 0.717) is 11.3 Å². The average Bonchev–Trinajstić information content (AvgIpc) is 2.61. The van der Waals surface area contributed by atoms with E-state index in [1.54, 1.807) is 24.3 Å². The quantitative estimate of drug-likeness (QED) is 0.627. The monoisotopic (exact) mass is 363 g/mol. The number of carbonyl (C=O) groups excluding carboxylic acids is 2. The topological polar surface area (TPSA) is 102 Å². The number of para-hydroxylation sites is 1. The molecule has 0 aromatic heterocycles. The molecule has 138 valence electrons. The van der Waals surface area contributed by atoms with E-state index in [-0.39, 0.29) is 11.3 Å². The van der Waals surface area contributed by atoms with E-state index < -0.39 is 18.5 Å². The van der Waals surface area contributed by atoms with Crippen molar-refractivity contribution in [1.82, 2.24) is 0 Å². The molecule has 0 unspecified atom stereocenters. The van der Waals surface area contributed by atoms with Crippen LogP contribution in [0.1, 0.15) is 22.3 Å². The van der Waals surface area contributed by atoms with Gasteiger partial charge < -0.3 is 20.0 Å². The van der Waals surface area contributed by atoms with Crippen LogP contribution in [0.15, 0.2) is 42.0 Å². The van der Waals surface area contributed by atoms with E-state index in [4.69, 9.17) is 4.74 Å². The van der Waals surface area contributed by atoms with Gasteiger partial charge in [0, 0.05) is 11.3 Å². The third-order valence-corrected chi connectivity index (χ3v) is 3.85. The highest BCUT2D eigenvalue weighted by Gasteiger charge is 2.14. The summed E-state index contributed by atoms with van der Waals surface area (Å²) in [5.74, 6) is -1.68. The fourth-order valence-corrected chi connectivity index (χ4v) is 2.73. The number of benzene rings is 2. The smallest absolute Gasteiger partial charge is 0.266 e. The number of carboxylic acids is 1. The fraction of sp³-hybridized carbons (Fsp3) is 0.190. The minimum absolute atomic E-state index is 0.126. The molecule has 27 heavy (non-hydrogen) atoms. The van der Waals surface area contributed by atoms with Crippen molar-refractivity contribution in [3.05, 3.63) is 64.2 Å². The second-order valence-electron chi connectivity index (χ2n) is 6.10. The Bertz CT molecular complexity index is 932. The second-order valence-corrected chi connectivity index (χ2v) is 6.10. The van der Waals surface area contributed by atoms with Crippen LogP contribution in [-0.2, 0) is 9.59 Å². The molecule has 0 aliphatic rings. The van der Waals surface area contributed by atoms with Crippen LogP contribution < -0.4 is 15.2 Å². The molecule has 0 bridgehead atoms. The average molecular weight is 363 g/mol.